The largest absolute Gasteiger partial charge is 0.310 e. The fraction of sp³-hybridized carbons (Fsp3) is 0.294. The van der Waals surface area contributed by atoms with Gasteiger partial charge in [0.05, 0.1) is 0 Å². The molecule has 2 aromatic rings. The Kier molecular flexibility index (Phi) is 3.72. The molecule has 4 heteroatoms. The summed E-state index contributed by atoms with van der Waals surface area (Å²) < 4.78 is 40.4. The number of benzene rings is 2. The van der Waals surface area contributed by atoms with Gasteiger partial charge in [-0.3, -0.25) is 0 Å². The van der Waals surface area contributed by atoms with Gasteiger partial charge in [0.25, 0.3) is 0 Å². The zero-order valence-electron chi connectivity index (χ0n) is 11.7. The number of nitrogens with one attached hydrogen (secondary N) is 1. The van der Waals surface area contributed by atoms with Gasteiger partial charge in [0.2, 0.25) is 0 Å². The van der Waals surface area contributed by atoms with Crippen LogP contribution in [0.15, 0.2) is 30.3 Å². The van der Waals surface area contributed by atoms with Crippen molar-refractivity contribution in [3.8, 4) is 11.1 Å². The molecule has 0 atom stereocenters. The summed E-state index contributed by atoms with van der Waals surface area (Å²) in [5.41, 5.74) is 2.53. The Bertz CT molecular complexity index is 678. The summed E-state index contributed by atoms with van der Waals surface area (Å²) in [5.74, 6) is -2.95. The third-order valence-corrected chi connectivity index (χ3v) is 3.77. The quantitative estimate of drug-likeness (QED) is 0.827. The lowest BCUT2D eigenvalue weighted by Gasteiger charge is -2.11. The highest BCUT2D eigenvalue weighted by Crippen LogP contribution is 2.29. The van der Waals surface area contributed by atoms with E-state index in [0.29, 0.717) is 24.2 Å². The molecule has 2 aromatic carbocycles. The highest BCUT2D eigenvalue weighted by atomic mass is 19.2. The van der Waals surface area contributed by atoms with E-state index in [4.69, 9.17) is 0 Å². The second-order valence-electron chi connectivity index (χ2n) is 5.55. The molecule has 0 amide bonds. The van der Waals surface area contributed by atoms with Crippen LogP contribution in [0.3, 0.4) is 0 Å². The molecule has 1 saturated carbocycles. The molecule has 0 spiro atoms. The smallest absolute Gasteiger partial charge is 0.161 e. The van der Waals surface area contributed by atoms with E-state index in [1.807, 2.05) is 25.1 Å². The number of hydrogen-bond acceptors (Lipinski definition) is 1. The van der Waals surface area contributed by atoms with E-state index in [1.165, 1.54) is 12.8 Å². The van der Waals surface area contributed by atoms with Crippen molar-refractivity contribution >= 4 is 0 Å². The summed E-state index contributed by atoms with van der Waals surface area (Å²) in [6.45, 7) is 2.53. The normalized spacial score (nSPS) is 14.5. The third-order valence-electron chi connectivity index (χ3n) is 3.77. The number of aryl methyl sites for hydroxylation is 1. The van der Waals surface area contributed by atoms with Crippen LogP contribution in [-0.4, -0.2) is 6.04 Å². The van der Waals surface area contributed by atoms with Crippen molar-refractivity contribution in [2.75, 3.05) is 0 Å². The van der Waals surface area contributed by atoms with Gasteiger partial charge in [-0.05, 0) is 48.6 Å². The Balaban J connectivity index is 1.96. The van der Waals surface area contributed by atoms with Crippen LogP contribution in [0.5, 0.6) is 0 Å². The van der Waals surface area contributed by atoms with Crippen LogP contribution in [-0.2, 0) is 6.54 Å². The maximum Gasteiger partial charge on any atom is 0.161 e. The molecule has 0 unspecified atom stereocenters. The molecule has 3 rings (SSSR count). The lowest BCUT2D eigenvalue weighted by atomic mass is 9.97. The summed E-state index contributed by atoms with van der Waals surface area (Å²) in [7, 11) is 0. The van der Waals surface area contributed by atoms with Crippen LogP contribution in [0, 0.1) is 24.4 Å². The average Bonchev–Trinajstić information content (AvgIpc) is 3.26. The van der Waals surface area contributed by atoms with Crippen molar-refractivity contribution < 1.29 is 13.2 Å². The van der Waals surface area contributed by atoms with E-state index in [1.54, 1.807) is 0 Å². The first-order chi connectivity index (χ1) is 10.0. The van der Waals surface area contributed by atoms with Gasteiger partial charge in [0.15, 0.2) is 11.6 Å². The average molecular weight is 291 g/mol. The van der Waals surface area contributed by atoms with Gasteiger partial charge in [-0.1, -0.05) is 12.1 Å². The molecule has 1 nitrogen and oxygen atoms in total. The van der Waals surface area contributed by atoms with Gasteiger partial charge >= 0.3 is 0 Å². The molecule has 21 heavy (non-hydrogen) atoms. The maximum absolute atomic E-state index is 13.9. The molecule has 110 valence electrons. The highest BCUT2D eigenvalue weighted by Gasteiger charge is 2.20. The van der Waals surface area contributed by atoms with Gasteiger partial charge in [0, 0.05) is 24.2 Å². The lowest BCUT2D eigenvalue weighted by Crippen LogP contribution is -2.15. The van der Waals surface area contributed by atoms with E-state index in [-0.39, 0.29) is 5.56 Å². The lowest BCUT2D eigenvalue weighted by molar-refractivity contribution is 0.496. The molecular weight excluding hydrogens is 275 g/mol. The minimum atomic E-state index is -1.17. The molecule has 0 aliphatic heterocycles. The fourth-order valence-corrected chi connectivity index (χ4v) is 2.35. The van der Waals surface area contributed by atoms with Crippen molar-refractivity contribution in [1.29, 1.82) is 0 Å². The van der Waals surface area contributed by atoms with E-state index in [2.05, 4.69) is 5.32 Å². The molecular formula is C17H16F3N. The van der Waals surface area contributed by atoms with E-state index in [9.17, 15) is 13.2 Å². The van der Waals surface area contributed by atoms with Crippen LogP contribution in [0.25, 0.3) is 11.1 Å². The molecule has 0 saturated heterocycles. The molecule has 0 radical (unpaired) electrons. The summed E-state index contributed by atoms with van der Waals surface area (Å²) in [6.07, 6.45) is 2.38. The molecule has 1 aliphatic carbocycles. The Morgan fingerprint density at radius 3 is 2.38 bits per heavy atom. The highest BCUT2D eigenvalue weighted by molar-refractivity contribution is 5.68. The first-order valence-corrected chi connectivity index (χ1v) is 7.02. The van der Waals surface area contributed by atoms with Crippen LogP contribution in [0.4, 0.5) is 13.2 Å². The number of rotatable bonds is 4. The third kappa shape index (κ3) is 3.10. The Morgan fingerprint density at radius 2 is 1.67 bits per heavy atom. The minimum absolute atomic E-state index is 0.0969. The van der Waals surface area contributed by atoms with Crippen LogP contribution >= 0.6 is 0 Å². The summed E-state index contributed by atoms with van der Waals surface area (Å²) in [5, 5.41) is 3.38. The SMILES string of the molecule is Cc1ccc(CNC2CC2)cc1-c1cc(F)c(F)cc1F. The van der Waals surface area contributed by atoms with Gasteiger partial charge in [-0.15, -0.1) is 0 Å². The van der Waals surface area contributed by atoms with Crippen molar-refractivity contribution in [2.45, 2.75) is 32.4 Å². The van der Waals surface area contributed by atoms with Gasteiger partial charge < -0.3 is 5.32 Å². The predicted molar refractivity (Wildman–Crippen MR) is 76.4 cm³/mol. The monoisotopic (exact) mass is 291 g/mol. The first kappa shape index (κ1) is 14.1. The topological polar surface area (TPSA) is 12.0 Å². The van der Waals surface area contributed by atoms with Gasteiger partial charge in [-0.2, -0.15) is 0 Å². The van der Waals surface area contributed by atoms with E-state index < -0.39 is 17.5 Å². The second kappa shape index (κ2) is 5.53. The van der Waals surface area contributed by atoms with Crippen molar-refractivity contribution in [1.82, 2.24) is 5.32 Å². The minimum Gasteiger partial charge on any atom is -0.310 e. The zero-order chi connectivity index (χ0) is 15.0. The zero-order valence-corrected chi connectivity index (χ0v) is 11.7. The predicted octanol–water partition coefficient (Wildman–Crippen LogP) is 4.33. The Labute approximate surface area is 121 Å². The van der Waals surface area contributed by atoms with Gasteiger partial charge in [-0.25, -0.2) is 13.2 Å². The van der Waals surface area contributed by atoms with Crippen molar-refractivity contribution in [3.05, 3.63) is 58.9 Å². The number of halogens is 3. The van der Waals surface area contributed by atoms with Crippen LogP contribution in [0.2, 0.25) is 0 Å². The molecule has 0 bridgehead atoms. The first-order valence-electron chi connectivity index (χ1n) is 7.02. The van der Waals surface area contributed by atoms with Gasteiger partial charge in [0.1, 0.15) is 5.82 Å². The fourth-order valence-electron chi connectivity index (χ4n) is 2.35. The van der Waals surface area contributed by atoms with Crippen molar-refractivity contribution in [3.63, 3.8) is 0 Å². The molecule has 1 N–H and O–H groups in total. The standard InChI is InChI=1S/C17H16F3N/c1-10-2-3-11(9-21-12-4-5-12)6-13(10)14-7-16(19)17(20)8-15(14)18/h2-3,6-8,12,21H,4-5,9H2,1H3. The molecule has 0 heterocycles. The number of hydrogen-bond donors (Lipinski definition) is 1. The van der Waals surface area contributed by atoms with Crippen LogP contribution in [0.1, 0.15) is 24.0 Å². The van der Waals surface area contributed by atoms with E-state index in [0.717, 1.165) is 17.2 Å². The second-order valence-corrected chi connectivity index (χ2v) is 5.55. The summed E-state index contributed by atoms with van der Waals surface area (Å²) >= 11 is 0. The Morgan fingerprint density at radius 1 is 0.952 bits per heavy atom. The summed E-state index contributed by atoms with van der Waals surface area (Å²) in [4.78, 5) is 0. The Hall–Kier alpha value is -1.81. The van der Waals surface area contributed by atoms with Crippen molar-refractivity contribution in [2.24, 2.45) is 0 Å². The molecule has 0 aromatic heterocycles. The molecule has 1 aliphatic rings. The van der Waals surface area contributed by atoms with E-state index >= 15 is 0 Å². The molecule has 1 fully saturated rings. The van der Waals surface area contributed by atoms with Crippen LogP contribution < -0.4 is 5.32 Å². The summed E-state index contributed by atoms with van der Waals surface area (Å²) in [6, 6.07) is 7.77. The maximum atomic E-state index is 13.9.